The van der Waals surface area contributed by atoms with E-state index in [1.807, 2.05) is 0 Å². The van der Waals surface area contributed by atoms with Gasteiger partial charge in [-0.25, -0.2) is 0 Å². The van der Waals surface area contributed by atoms with E-state index in [2.05, 4.69) is 31.3 Å². The molecule has 2 nitrogen and oxygen atoms in total. The molecular weight excluding hydrogens is 184 g/mol. The molecule has 2 heteroatoms. The van der Waals surface area contributed by atoms with Gasteiger partial charge in [-0.15, -0.1) is 0 Å². The van der Waals surface area contributed by atoms with Crippen molar-refractivity contribution in [1.82, 2.24) is 5.32 Å². The van der Waals surface area contributed by atoms with E-state index >= 15 is 0 Å². The molecule has 1 aliphatic heterocycles. The van der Waals surface area contributed by atoms with Crippen LogP contribution in [0.4, 0.5) is 5.69 Å². The fourth-order valence-electron chi connectivity index (χ4n) is 2.17. The van der Waals surface area contributed by atoms with Crippen molar-refractivity contribution in [2.75, 3.05) is 12.3 Å². The van der Waals surface area contributed by atoms with Gasteiger partial charge in [0.2, 0.25) is 0 Å². The first kappa shape index (κ1) is 10.5. The highest BCUT2D eigenvalue weighted by Gasteiger charge is 2.19. The molecule has 0 spiro atoms. The quantitative estimate of drug-likeness (QED) is 0.742. The summed E-state index contributed by atoms with van der Waals surface area (Å²) in [5.41, 5.74) is 11.1. The Balaban J connectivity index is 2.38. The van der Waals surface area contributed by atoms with E-state index in [-0.39, 0.29) is 0 Å². The van der Waals surface area contributed by atoms with E-state index in [1.165, 1.54) is 23.1 Å². The molecule has 3 N–H and O–H groups in total. The predicted octanol–water partition coefficient (Wildman–Crippen LogP) is 2.43. The zero-order chi connectivity index (χ0) is 10.8. The Morgan fingerprint density at radius 3 is 2.13 bits per heavy atom. The minimum atomic E-state index is 0.571. The lowest BCUT2D eigenvalue weighted by molar-refractivity contribution is 0.383. The Morgan fingerprint density at radius 2 is 1.80 bits per heavy atom. The van der Waals surface area contributed by atoms with Gasteiger partial charge in [0, 0.05) is 11.7 Å². The average molecular weight is 204 g/mol. The minimum absolute atomic E-state index is 0.571. The van der Waals surface area contributed by atoms with E-state index in [0.717, 1.165) is 25.1 Å². The molecule has 82 valence electrons. The van der Waals surface area contributed by atoms with Crippen LogP contribution in [0.2, 0.25) is 0 Å². The summed E-state index contributed by atoms with van der Waals surface area (Å²) in [6.07, 6.45) is 3.31. The second-order valence-corrected chi connectivity index (χ2v) is 4.26. The lowest BCUT2D eigenvalue weighted by atomic mass is 9.92. The van der Waals surface area contributed by atoms with Crippen LogP contribution in [0, 0.1) is 0 Å². The molecule has 0 amide bonds. The highest BCUT2D eigenvalue weighted by molar-refractivity contribution is 5.56. The molecule has 1 saturated heterocycles. The standard InChI is InChI=1S/C13H20N2/c1-3-9-7-11(12-5-6-15-12)8-10(4-2)13(9)14/h7-8,12,15H,3-6,14H2,1-2H3/t12-/m1/s1. The van der Waals surface area contributed by atoms with Gasteiger partial charge < -0.3 is 11.1 Å². The first-order chi connectivity index (χ1) is 7.26. The maximum absolute atomic E-state index is 6.11. The lowest BCUT2D eigenvalue weighted by Crippen LogP contribution is -2.35. The fraction of sp³-hybridized carbons (Fsp3) is 0.538. The van der Waals surface area contributed by atoms with Gasteiger partial charge >= 0.3 is 0 Å². The van der Waals surface area contributed by atoms with Gasteiger partial charge in [0.15, 0.2) is 0 Å². The number of rotatable bonds is 3. The number of anilines is 1. The number of nitrogens with one attached hydrogen (secondary N) is 1. The van der Waals surface area contributed by atoms with Crippen molar-refractivity contribution >= 4 is 5.69 Å². The van der Waals surface area contributed by atoms with Crippen molar-refractivity contribution < 1.29 is 0 Å². The van der Waals surface area contributed by atoms with Crippen molar-refractivity contribution in [2.45, 2.75) is 39.2 Å². The van der Waals surface area contributed by atoms with Crippen molar-refractivity contribution in [3.05, 3.63) is 28.8 Å². The van der Waals surface area contributed by atoms with Crippen LogP contribution < -0.4 is 11.1 Å². The van der Waals surface area contributed by atoms with Crippen LogP contribution in [0.1, 0.15) is 43.0 Å². The number of aryl methyl sites for hydroxylation is 2. The molecule has 0 aliphatic carbocycles. The SMILES string of the molecule is CCc1cc([C@H]2CCN2)cc(CC)c1N. The highest BCUT2D eigenvalue weighted by atomic mass is 15.0. The number of hydrogen-bond acceptors (Lipinski definition) is 2. The summed E-state index contributed by atoms with van der Waals surface area (Å²) in [6.45, 7) is 5.49. The molecule has 1 aliphatic rings. The molecular formula is C13H20N2. The second kappa shape index (κ2) is 4.23. The molecule has 0 saturated carbocycles. The summed E-state index contributed by atoms with van der Waals surface area (Å²) >= 11 is 0. The fourth-order valence-corrected chi connectivity index (χ4v) is 2.17. The molecule has 1 heterocycles. The smallest absolute Gasteiger partial charge is 0.0379 e. The van der Waals surface area contributed by atoms with Crippen LogP contribution in [-0.4, -0.2) is 6.54 Å². The van der Waals surface area contributed by atoms with Crippen molar-refractivity contribution in [3.63, 3.8) is 0 Å². The van der Waals surface area contributed by atoms with E-state index in [1.54, 1.807) is 0 Å². The van der Waals surface area contributed by atoms with Crippen molar-refractivity contribution in [1.29, 1.82) is 0 Å². The van der Waals surface area contributed by atoms with E-state index in [4.69, 9.17) is 5.73 Å². The van der Waals surface area contributed by atoms with Gasteiger partial charge in [0.05, 0.1) is 0 Å². The van der Waals surface area contributed by atoms with Crippen LogP contribution in [0.15, 0.2) is 12.1 Å². The number of nitrogen functional groups attached to an aromatic ring is 1. The van der Waals surface area contributed by atoms with Crippen molar-refractivity contribution in [2.24, 2.45) is 0 Å². The summed E-state index contributed by atoms with van der Waals surface area (Å²) in [5.74, 6) is 0. The van der Waals surface area contributed by atoms with E-state index in [0.29, 0.717) is 6.04 Å². The van der Waals surface area contributed by atoms with Crippen LogP contribution in [0.3, 0.4) is 0 Å². The normalized spacial score (nSPS) is 20.0. The van der Waals surface area contributed by atoms with Crippen LogP contribution >= 0.6 is 0 Å². The molecule has 1 aromatic rings. The minimum Gasteiger partial charge on any atom is -0.398 e. The first-order valence-corrected chi connectivity index (χ1v) is 5.90. The topological polar surface area (TPSA) is 38.0 Å². The second-order valence-electron chi connectivity index (χ2n) is 4.26. The maximum atomic E-state index is 6.11. The lowest BCUT2D eigenvalue weighted by Gasteiger charge is -2.29. The van der Waals surface area contributed by atoms with Gasteiger partial charge in [0.1, 0.15) is 0 Å². The van der Waals surface area contributed by atoms with Gasteiger partial charge in [-0.1, -0.05) is 26.0 Å². The van der Waals surface area contributed by atoms with E-state index < -0.39 is 0 Å². The molecule has 0 unspecified atom stereocenters. The Hall–Kier alpha value is -1.02. The average Bonchev–Trinajstić information content (AvgIpc) is 2.17. The Morgan fingerprint density at radius 1 is 1.27 bits per heavy atom. The molecule has 2 rings (SSSR count). The van der Waals surface area contributed by atoms with E-state index in [9.17, 15) is 0 Å². The molecule has 1 aromatic carbocycles. The van der Waals surface area contributed by atoms with Gasteiger partial charge in [0.25, 0.3) is 0 Å². The largest absolute Gasteiger partial charge is 0.398 e. The predicted molar refractivity (Wildman–Crippen MR) is 65.0 cm³/mol. The Labute approximate surface area is 91.9 Å². The molecule has 0 bridgehead atoms. The number of nitrogens with two attached hydrogens (primary N) is 1. The summed E-state index contributed by atoms with van der Waals surface area (Å²) in [7, 11) is 0. The molecule has 0 aromatic heterocycles. The van der Waals surface area contributed by atoms with Gasteiger partial charge in [-0.2, -0.15) is 0 Å². The third kappa shape index (κ3) is 1.86. The van der Waals surface area contributed by atoms with Crippen molar-refractivity contribution in [3.8, 4) is 0 Å². The number of benzene rings is 1. The summed E-state index contributed by atoms with van der Waals surface area (Å²) in [6, 6.07) is 5.11. The maximum Gasteiger partial charge on any atom is 0.0379 e. The first-order valence-electron chi connectivity index (χ1n) is 5.90. The van der Waals surface area contributed by atoms with Gasteiger partial charge in [-0.3, -0.25) is 0 Å². The Kier molecular flexibility index (Phi) is 2.96. The third-order valence-corrected chi connectivity index (χ3v) is 3.36. The zero-order valence-corrected chi connectivity index (χ0v) is 9.64. The molecule has 0 radical (unpaired) electrons. The van der Waals surface area contributed by atoms with Crippen LogP contribution in [0.5, 0.6) is 0 Å². The van der Waals surface area contributed by atoms with Crippen LogP contribution in [0.25, 0.3) is 0 Å². The van der Waals surface area contributed by atoms with Crippen LogP contribution in [-0.2, 0) is 12.8 Å². The third-order valence-electron chi connectivity index (χ3n) is 3.36. The molecule has 15 heavy (non-hydrogen) atoms. The summed E-state index contributed by atoms with van der Waals surface area (Å²) in [5, 5.41) is 3.44. The monoisotopic (exact) mass is 204 g/mol. The van der Waals surface area contributed by atoms with Gasteiger partial charge in [-0.05, 0) is 42.5 Å². The molecule has 1 atom stereocenters. The molecule has 1 fully saturated rings. The Bertz CT molecular complexity index is 329. The zero-order valence-electron chi connectivity index (χ0n) is 9.64. The summed E-state index contributed by atoms with van der Waals surface area (Å²) in [4.78, 5) is 0. The summed E-state index contributed by atoms with van der Waals surface area (Å²) < 4.78 is 0. The number of hydrogen-bond donors (Lipinski definition) is 2. The highest BCUT2D eigenvalue weighted by Crippen LogP contribution is 2.29.